The molecule has 0 saturated carbocycles. The van der Waals surface area contributed by atoms with Gasteiger partial charge in [0.05, 0.1) is 12.9 Å². The predicted octanol–water partition coefficient (Wildman–Crippen LogP) is -1.31. The van der Waals surface area contributed by atoms with Crippen LogP contribution in [0.1, 0.15) is 6.23 Å². The van der Waals surface area contributed by atoms with Crippen molar-refractivity contribution in [2.24, 2.45) is 0 Å². The molecule has 110 valence electrons. The first-order valence-corrected chi connectivity index (χ1v) is 6.47. The van der Waals surface area contributed by atoms with Crippen LogP contribution >= 0.6 is 0 Å². The van der Waals surface area contributed by atoms with E-state index >= 15 is 0 Å². The van der Waals surface area contributed by atoms with Crippen molar-refractivity contribution in [3.63, 3.8) is 0 Å². The Morgan fingerprint density at radius 1 is 1.10 bits per heavy atom. The number of ether oxygens (including phenoxy) is 1. The zero-order valence-corrected chi connectivity index (χ0v) is 10.8. The largest absolute Gasteiger partial charge is 0.394 e. The standard InChI is InChI=1S/C12H13N5O4/c18-3-6-8(19)9(20)12(21-6)17-5-14-7-10-13-1-2-16(10)4-15-11(7)17/h1-2,4-6,8-9,12,18-20H,3H2/t6-,8-,9-,12?/m1/s1. The van der Waals surface area contributed by atoms with E-state index in [-0.39, 0.29) is 6.61 Å². The molecule has 1 aliphatic heterocycles. The summed E-state index contributed by atoms with van der Waals surface area (Å²) in [6.07, 6.45) is 2.45. The number of nitrogens with zero attached hydrogens (tertiary/aromatic N) is 5. The molecule has 4 atom stereocenters. The lowest BCUT2D eigenvalue weighted by molar-refractivity contribution is -0.0511. The van der Waals surface area contributed by atoms with E-state index in [1.54, 1.807) is 23.1 Å². The van der Waals surface area contributed by atoms with Crippen LogP contribution in [0.3, 0.4) is 0 Å². The molecule has 4 heterocycles. The van der Waals surface area contributed by atoms with Crippen molar-refractivity contribution in [2.45, 2.75) is 24.5 Å². The smallest absolute Gasteiger partial charge is 0.167 e. The van der Waals surface area contributed by atoms with E-state index in [4.69, 9.17) is 9.84 Å². The molecule has 21 heavy (non-hydrogen) atoms. The van der Waals surface area contributed by atoms with Crippen LogP contribution in [0, 0.1) is 0 Å². The minimum absolute atomic E-state index is 0.376. The van der Waals surface area contributed by atoms with Gasteiger partial charge in [-0.2, -0.15) is 0 Å². The van der Waals surface area contributed by atoms with E-state index in [0.717, 1.165) is 0 Å². The van der Waals surface area contributed by atoms with Crippen molar-refractivity contribution in [3.05, 3.63) is 25.0 Å². The topological polar surface area (TPSA) is 118 Å². The van der Waals surface area contributed by atoms with Crippen LogP contribution in [0.2, 0.25) is 0 Å². The first kappa shape index (κ1) is 12.7. The minimum atomic E-state index is -1.17. The summed E-state index contributed by atoms with van der Waals surface area (Å²) in [4.78, 5) is 12.7. The molecule has 9 nitrogen and oxygen atoms in total. The molecule has 1 aliphatic rings. The number of imidazole rings is 2. The lowest BCUT2D eigenvalue weighted by Crippen LogP contribution is -2.33. The molecule has 3 aromatic heterocycles. The molecule has 0 aromatic carbocycles. The number of fused-ring (bicyclic) bond motifs is 3. The number of rotatable bonds is 2. The van der Waals surface area contributed by atoms with Crippen molar-refractivity contribution in [1.29, 1.82) is 0 Å². The fourth-order valence-electron chi connectivity index (χ4n) is 2.64. The number of aliphatic hydroxyl groups excluding tert-OH is 3. The number of aliphatic hydroxyl groups is 3. The van der Waals surface area contributed by atoms with Gasteiger partial charge in [-0.1, -0.05) is 0 Å². The fraction of sp³-hybridized carbons (Fsp3) is 0.417. The summed E-state index contributed by atoms with van der Waals surface area (Å²) < 4.78 is 8.76. The lowest BCUT2D eigenvalue weighted by atomic mass is 10.1. The van der Waals surface area contributed by atoms with Crippen LogP contribution < -0.4 is 0 Å². The number of hydrogen-bond donors (Lipinski definition) is 3. The van der Waals surface area contributed by atoms with Gasteiger partial charge in [-0.05, 0) is 0 Å². The van der Waals surface area contributed by atoms with Gasteiger partial charge in [-0.3, -0.25) is 8.97 Å². The molecule has 9 heteroatoms. The maximum Gasteiger partial charge on any atom is 0.167 e. The minimum Gasteiger partial charge on any atom is -0.394 e. The first-order valence-electron chi connectivity index (χ1n) is 6.47. The summed E-state index contributed by atoms with van der Waals surface area (Å²) in [7, 11) is 0. The quantitative estimate of drug-likeness (QED) is 0.536. The Labute approximate surface area is 118 Å². The summed E-state index contributed by atoms with van der Waals surface area (Å²) in [5.74, 6) is 0. The highest BCUT2D eigenvalue weighted by Gasteiger charge is 2.43. The summed E-state index contributed by atoms with van der Waals surface area (Å²) in [5, 5.41) is 29.1. The van der Waals surface area contributed by atoms with Crippen molar-refractivity contribution < 1.29 is 20.1 Å². The summed E-state index contributed by atoms with van der Waals surface area (Å²) in [5.41, 5.74) is 1.70. The van der Waals surface area contributed by atoms with E-state index in [1.165, 1.54) is 10.9 Å². The Hall–Kier alpha value is -2.07. The van der Waals surface area contributed by atoms with Crippen molar-refractivity contribution in [1.82, 2.24) is 23.9 Å². The van der Waals surface area contributed by atoms with E-state index < -0.39 is 24.5 Å². The molecule has 4 rings (SSSR count). The van der Waals surface area contributed by atoms with Crippen molar-refractivity contribution in [3.8, 4) is 0 Å². The molecule has 1 fully saturated rings. The van der Waals surface area contributed by atoms with Gasteiger partial charge in [-0.25, -0.2) is 15.0 Å². The normalized spacial score (nSPS) is 29.7. The maximum atomic E-state index is 10.1. The van der Waals surface area contributed by atoms with Gasteiger partial charge in [0.25, 0.3) is 0 Å². The van der Waals surface area contributed by atoms with E-state index in [2.05, 4.69) is 15.0 Å². The Morgan fingerprint density at radius 3 is 2.71 bits per heavy atom. The molecule has 0 bridgehead atoms. The van der Waals surface area contributed by atoms with Gasteiger partial charge in [0, 0.05) is 12.4 Å². The Balaban J connectivity index is 1.84. The highest BCUT2D eigenvalue weighted by Crippen LogP contribution is 2.31. The molecule has 0 aliphatic carbocycles. The van der Waals surface area contributed by atoms with Gasteiger partial charge in [0.15, 0.2) is 23.0 Å². The molecule has 0 spiro atoms. The van der Waals surface area contributed by atoms with Crippen LogP contribution in [0.5, 0.6) is 0 Å². The number of hydrogen-bond acceptors (Lipinski definition) is 7. The number of aromatic nitrogens is 5. The van der Waals surface area contributed by atoms with E-state index in [9.17, 15) is 10.2 Å². The summed E-state index contributed by atoms with van der Waals surface area (Å²) >= 11 is 0. The highest BCUT2D eigenvalue weighted by molar-refractivity contribution is 5.85. The van der Waals surface area contributed by atoms with Crippen LogP contribution in [-0.4, -0.2) is 64.2 Å². The molecule has 3 aromatic rings. The molecular weight excluding hydrogens is 278 g/mol. The molecule has 0 radical (unpaired) electrons. The van der Waals surface area contributed by atoms with Crippen LogP contribution in [0.15, 0.2) is 25.0 Å². The maximum absolute atomic E-state index is 10.1. The first-order chi connectivity index (χ1) is 10.2. The second kappa shape index (κ2) is 4.46. The van der Waals surface area contributed by atoms with E-state index in [0.29, 0.717) is 16.8 Å². The average molecular weight is 291 g/mol. The predicted molar refractivity (Wildman–Crippen MR) is 69.3 cm³/mol. The highest BCUT2D eigenvalue weighted by atomic mass is 16.6. The monoisotopic (exact) mass is 291 g/mol. The second-order valence-electron chi connectivity index (χ2n) is 4.96. The molecule has 0 amide bonds. The average Bonchev–Trinajstić information content (AvgIpc) is 3.17. The third-order valence-corrected chi connectivity index (χ3v) is 3.74. The van der Waals surface area contributed by atoms with Crippen LogP contribution in [0.4, 0.5) is 0 Å². The molecule has 3 N–H and O–H groups in total. The van der Waals surface area contributed by atoms with Gasteiger partial charge in [0.1, 0.15) is 24.6 Å². The fourth-order valence-corrected chi connectivity index (χ4v) is 2.64. The van der Waals surface area contributed by atoms with Gasteiger partial charge >= 0.3 is 0 Å². The lowest BCUT2D eigenvalue weighted by Gasteiger charge is -2.16. The molecule has 1 saturated heterocycles. The van der Waals surface area contributed by atoms with Crippen LogP contribution in [-0.2, 0) is 4.74 Å². The zero-order chi connectivity index (χ0) is 14.6. The third kappa shape index (κ3) is 1.69. The van der Waals surface area contributed by atoms with Crippen LogP contribution in [0.25, 0.3) is 16.8 Å². The summed E-state index contributed by atoms with van der Waals surface area (Å²) in [6.45, 7) is -0.376. The Bertz CT molecular complexity index is 799. The molecule has 1 unspecified atom stereocenters. The SMILES string of the molecule is OC[C@H]1OC(n2cnc3c2ncn2ccnc32)[C@H](O)[C@@H]1O. The van der Waals surface area contributed by atoms with Gasteiger partial charge in [0.2, 0.25) is 0 Å². The van der Waals surface area contributed by atoms with Crippen molar-refractivity contribution in [2.75, 3.05) is 6.61 Å². The van der Waals surface area contributed by atoms with Crippen molar-refractivity contribution >= 4 is 16.8 Å². The summed E-state index contributed by atoms with van der Waals surface area (Å²) in [6, 6.07) is 0. The molecular formula is C12H13N5O4. The zero-order valence-electron chi connectivity index (χ0n) is 10.8. The van der Waals surface area contributed by atoms with Gasteiger partial charge in [-0.15, -0.1) is 0 Å². The third-order valence-electron chi connectivity index (χ3n) is 3.74. The Morgan fingerprint density at radius 2 is 1.95 bits per heavy atom. The van der Waals surface area contributed by atoms with E-state index in [1.807, 2.05) is 0 Å². The van der Waals surface area contributed by atoms with Gasteiger partial charge < -0.3 is 20.1 Å². The second-order valence-corrected chi connectivity index (χ2v) is 4.96. The Kier molecular flexibility index (Phi) is 2.69.